The molecule has 0 radical (unpaired) electrons. The first-order valence-corrected chi connectivity index (χ1v) is 8.60. The zero-order valence-corrected chi connectivity index (χ0v) is 13.4. The zero-order chi connectivity index (χ0) is 15.4. The van der Waals surface area contributed by atoms with Crippen LogP contribution in [0.15, 0.2) is 54.6 Å². The van der Waals surface area contributed by atoms with Crippen molar-refractivity contribution in [2.24, 2.45) is 0 Å². The van der Waals surface area contributed by atoms with Crippen molar-refractivity contribution < 1.29 is 9.53 Å². The highest BCUT2D eigenvalue weighted by molar-refractivity contribution is 7.98. The molecule has 1 amide bonds. The van der Waals surface area contributed by atoms with E-state index in [2.05, 4.69) is 24.3 Å². The lowest BCUT2D eigenvalue weighted by molar-refractivity contribution is -0.125. The van der Waals surface area contributed by atoms with Crippen molar-refractivity contribution in [3.63, 3.8) is 0 Å². The Kier molecular flexibility index (Phi) is 4.68. The molecule has 2 aromatic carbocycles. The van der Waals surface area contributed by atoms with Gasteiger partial charge in [-0.2, -0.15) is 11.8 Å². The van der Waals surface area contributed by atoms with E-state index in [1.807, 2.05) is 53.9 Å². The molecule has 1 heterocycles. The van der Waals surface area contributed by atoms with E-state index in [4.69, 9.17) is 4.74 Å². The Morgan fingerprint density at radius 1 is 1.09 bits per heavy atom. The SMILES string of the molecule is CC1Oc2ccccc2N(CCSCc2ccccc2)C1=O. The molecule has 0 bridgehead atoms. The van der Waals surface area contributed by atoms with Crippen LogP contribution < -0.4 is 9.64 Å². The third-order valence-corrected chi connectivity index (χ3v) is 4.65. The van der Waals surface area contributed by atoms with Gasteiger partial charge in [0.15, 0.2) is 6.10 Å². The Hall–Kier alpha value is -1.94. The number of carbonyl (C=O) groups is 1. The second-order valence-electron chi connectivity index (χ2n) is 5.26. The van der Waals surface area contributed by atoms with Crippen LogP contribution >= 0.6 is 11.8 Å². The molecule has 1 aliphatic heterocycles. The molecule has 1 atom stereocenters. The second-order valence-corrected chi connectivity index (χ2v) is 6.36. The number of carbonyl (C=O) groups excluding carboxylic acids is 1. The Labute approximate surface area is 135 Å². The van der Waals surface area contributed by atoms with E-state index in [0.29, 0.717) is 6.54 Å². The number of hydrogen-bond acceptors (Lipinski definition) is 3. The van der Waals surface area contributed by atoms with E-state index in [9.17, 15) is 4.79 Å². The van der Waals surface area contributed by atoms with Crippen molar-refractivity contribution in [1.29, 1.82) is 0 Å². The molecule has 4 heteroatoms. The van der Waals surface area contributed by atoms with Crippen molar-refractivity contribution in [2.75, 3.05) is 17.2 Å². The monoisotopic (exact) mass is 313 g/mol. The van der Waals surface area contributed by atoms with Crippen LogP contribution in [0.1, 0.15) is 12.5 Å². The van der Waals surface area contributed by atoms with Crippen LogP contribution in [0, 0.1) is 0 Å². The normalized spacial score (nSPS) is 17.0. The third-order valence-electron chi connectivity index (χ3n) is 3.64. The predicted octanol–water partition coefficient (Wildman–Crippen LogP) is 3.73. The van der Waals surface area contributed by atoms with Crippen LogP contribution in [0.2, 0.25) is 0 Å². The molecule has 0 aromatic heterocycles. The number of amides is 1. The first-order chi connectivity index (χ1) is 10.8. The molecule has 0 aliphatic carbocycles. The van der Waals surface area contributed by atoms with Gasteiger partial charge in [-0.15, -0.1) is 0 Å². The summed E-state index contributed by atoms with van der Waals surface area (Å²) < 4.78 is 5.65. The molecule has 0 N–H and O–H groups in total. The van der Waals surface area contributed by atoms with Gasteiger partial charge in [-0.1, -0.05) is 42.5 Å². The van der Waals surface area contributed by atoms with Gasteiger partial charge < -0.3 is 9.64 Å². The van der Waals surface area contributed by atoms with E-state index in [0.717, 1.165) is 22.9 Å². The largest absolute Gasteiger partial charge is 0.479 e. The fourth-order valence-corrected chi connectivity index (χ4v) is 3.39. The maximum atomic E-state index is 12.3. The van der Waals surface area contributed by atoms with Gasteiger partial charge in [0, 0.05) is 18.1 Å². The number of fused-ring (bicyclic) bond motifs is 1. The first-order valence-electron chi connectivity index (χ1n) is 7.44. The highest BCUT2D eigenvalue weighted by Gasteiger charge is 2.30. The molecule has 0 spiro atoms. The maximum absolute atomic E-state index is 12.3. The number of thioether (sulfide) groups is 1. The minimum atomic E-state index is -0.408. The van der Waals surface area contributed by atoms with Crippen LogP contribution in [0.5, 0.6) is 5.75 Å². The molecule has 3 nitrogen and oxygen atoms in total. The Morgan fingerprint density at radius 3 is 2.64 bits per heavy atom. The van der Waals surface area contributed by atoms with E-state index >= 15 is 0 Å². The first kappa shape index (κ1) is 15.0. The van der Waals surface area contributed by atoms with Gasteiger partial charge in [0.05, 0.1) is 5.69 Å². The van der Waals surface area contributed by atoms with Gasteiger partial charge in [-0.05, 0) is 24.6 Å². The summed E-state index contributed by atoms with van der Waals surface area (Å²) in [5, 5.41) is 0. The number of benzene rings is 2. The molecule has 3 rings (SSSR count). The van der Waals surface area contributed by atoms with Crippen molar-refractivity contribution in [1.82, 2.24) is 0 Å². The summed E-state index contributed by atoms with van der Waals surface area (Å²) in [5.41, 5.74) is 2.19. The zero-order valence-electron chi connectivity index (χ0n) is 12.6. The fourth-order valence-electron chi connectivity index (χ4n) is 2.51. The Balaban J connectivity index is 1.61. The summed E-state index contributed by atoms with van der Waals surface area (Å²) in [6, 6.07) is 18.1. The molecule has 0 saturated carbocycles. The van der Waals surface area contributed by atoms with Gasteiger partial charge in [-0.3, -0.25) is 4.79 Å². The van der Waals surface area contributed by atoms with Gasteiger partial charge in [0.1, 0.15) is 5.75 Å². The van der Waals surface area contributed by atoms with Crippen LogP contribution in [-0.2, 0) is 10.5 Å². The highest BCUT2D eigenvalue weighted by atomic mass is 32.2. The second kappa shape index (κ2) is 6.88. The van der Waals surface area contributed by atoms with E-state index in [1.54, 1.807) is 0 Å². The standard InChI is InChI=1S/C18H19NO2S/c1-14-18(20)19(16-9-5-6-10-17(16)21-14)11-12-22-13-15-7-3-2-4-8-15/h2-10,14H,11-13H2,1H3. The number of anilines is 1. The highest BCUT2D eigenvalue weighted by Crippen LogP contribution is 2.33. The fraction of sp³-hybridized carbons (Fsp3) is 0.278. The van der Waals surface area contributed by atoms with Crippen LogP contribution in [0.25, 0.3) is 0 Å². The van der Waals surface area contributed by atoms with Gasteiger partial charge in [0.25, 0.3) is 5.91 Å². The minimum absolute atomic E-state index is 0.0408. The number of para-hydroxylation sites is 2. The third kappa shape index (κ3) is 3.28. The van der Waals surface area contributed by atoms with Crippen molar-refractivity contribution in [3.05, 3.63) is 60.2 Å². The van der Waals surface area contributed by atoms with Gasteiger partial charge in [-0.25, -0.2) is 0 Å². The summed E-state index contributed by atoms with van der Waals surface area (Å²) in [4.78, 5) is 14.2. The number of nitrogens with zero attached hydrogens (tertiary/aromatic N) is 1. The molecule has 0 fully saturated rings. The van der Waals surface area contributed by atoms with Crippen LogP contribution in [0.4, 0.5) is 5.69 Å². The summed E-state index contributed by atoms with van der Waals surface area (Å²) in [7, 11) is 0. The Bertz CT molecular complexity index is 645. The summed E-state index contributed by atoms with van der Waals surface area (Å²) in [5.74, 6) is 2.71. The Morgan fingerprint density at radius 2 is 1.82 bits per heavy atom. The molecule has 0 saturated heterocycles. The summed E-state index contributed by atoms with van der Waals surface area (Å²) in [6.45, 7) is 2.52. The molecule has 2 aromatic rings. The molecule has 22 heavy (non-hydrogen) atoms. The lowest BCUT2D eigenvalue weighted by Gasteiger charge is -2.32. The topological polar surface area (TPSA) is 29.5 Å². The lowest BCUT2D eigenvalue weighted by atomic mass is 10.2. The average molecular weight is 313 g/mol. The summed E-state index contributed by atoms with van der Waals surface area (Å²) >= 11 is 1.84. The van der Waals surface area contributed by atoms with Gasteiger partial charge >= 0.3 is 0 Å². The van der Waals surface area contributed by atoms with Gasteiger partial charge in [0.2, 0.25) is 0 Å². The molecular weight excluding hydrogens is 294 g/mol. The van der Waals surface area contributed by atoms with Crippen molar-refractivity contribution >= 4 is 23.4 Å². The number of hydrogen-bond donors (Lipinski definition) is 0. The quantitative estimate of drug-likeness (QED) is 0.788. The number of rotatable bonds is 5. The molecule has 1 aliphatic rings. The maximum Gasteiger partial charge on any atom is 0.267 e. The predicted molar refractivity (Wildman–Crippen MR) is 91.5 cm³/mol. The van der Waals surface area contributed by atoms with Crippen LogP contribution in [0.3, 0.4) is 0 Å². The molecular formula is C18H19NO2S. The van der Waals surface area contributed by atoms with E-state index < -0.39 is 6.10 Å². The van der Waals surface area contributed by atoms with Crippen LogP contribution in [-0.4, -0.2) is 24.3 Å². The van der Waals surface area contributed by atoms with Crippen molar-refractivity contribution in [2.45, 2.75) is 18.8 Å². The molecule has 114 valence electrons. The number of ether oxygens (including phenoxy) is 1. The van der Waals surface area contributed by atoms with Crippen molar-refractivity contribution in [3.8, 4) is 5.75 Å². The smallest absolute Gasteiger partial charge is 0.267 e. The molecule has 1 unspecified atom stereocenters. The average Bonchev–Trinajstić information content (AvgIpc) is 2.55. The van der Waals surface area contributed by atoms with E-state index in [1.165, 1.54) is 5.56 Å². The minimum Gasteiger partial charge on any atom is -0.479 e. The van der Waals surface area contributed by atoms with E-state index in [-0.39, 0.29) is 5.91 Å². The lowest BCUT2D eigenvalue weighted by Crippen LogP contribution is -2.45. The summed E-state index contributed by atoms with van der Waals surface area (Å²) in [6.07, 6.45) is -0.408.